The first-order valence-corrected chi connectivity index (χ1v) is 8.54. The second-order valence-corrected chi connectivity index (χ2v) is 6.66. The highest BCUT2D eigenvalue weighted by Crippen LogP contribution is 2.17. The number of nitrogens with zero attached hydrogens (tertiary/aromatic N) is 5. The number of benzene rings is 1. The number of tetrazole rings is 1. The van der Waals surface area contributed by atoms with E-state index in [-0.39, 0.29) is 6.54 Å². The van der Waals surface area contributed by atoms with E-state index in [1.165, 1.54) is 0 Å². The van der Waals surface area contributed by atoms with Crippen LogP contribution in [0.1, 0.15) is 10.5 Å². The molecule has 0 aliphatic carbocycles. The molecule has 0 bridgehead atoms. The summed E-state index contributed by atoms with van der Waals surface area (Å²) in [6.45, 7) is -0.197. The zero-order valence-corrected chi connectivity index (χ0v) is 15.8. The Balaban J connectivity index is 1.56. The number of amides is 2. The van der Waals surface area contributed by atoms with E-state index in [2.05, 4.69) is 42.2 Å². The van der Waals surface area contributed by atoms with Crippen molar-refractivity contribution in [2.24, 2.45) is 7.05 Å². The lowest BCUT2D eigenvalue weighted by atomic mass is 10.2. The van der Waals surface area contributed by atoms with Gasteiger partial charge in [0.05, 0.1) is 0 Å². The number of hydrogen-bond donors (Lipinski definition) is 2. The topological polar surface area (TPSA) is 107 Å². The molecule has 0 atom stereocenters. The molecule has 3 rings (SSSR count). The molecular weight excluding hydrogens is 426 g/mol. The molecule has 0 radical (unpaired) electrons. The molecule has 0 spiro atoms. The first kappa shape index (κ1) is 18.1. The van der Waals surface area contributed by atoms with Crippen molar-refractivity contribution in [1.29, 1.82) is 0 Å². The Labute approximate surface area is 161 Å². The number of aryl methyl sites for hydroxylation is 1. The van der Waals surface area contributed by atoms with Crippen LogP contribution in [0.5, 0.6) is 0 Å². The number of carbonyl (C=O) groups is 2. The van der Waals surface area contributed by atoms with Crippen molar-refractivity contribution in [3.05, 3.63) is 51.7 Å². The van der Waals surface area contributed by atoms with Gasteiger partial charge in [0.15, 0.2) is 0 Å². The van der Waals surface area contributed by atoms with E-state index in [9.17, 15) is 9.59 Å². The monoisotopic (exact) mass is 437 g/mol. The van der Waals surface area contributed by atoms with Crippen LogP contribution in [-0.2, 0) is 18.4 Å². The lowest BCUT2D eigenvalue weighted by Crippen LogP contribution is -2.43. The molecule has 11 heteroatoms. The van der Waals surface area contributed by atoms with Crippen LogP contribution < -0.4 is 10.9 Å². The van der Waals surface area contributed by atoms with Crippen molar-refractivity contribution in [3.63, 3.8) is 0 Å². The maximum Gasteiger partial charge on any atom is 0.286 e. The lowest BCUT2D eigenvalue weighted by Gasteiger charge is -2.07. The van der Waals surface area contributed by atoms with Crippen LogP contribution in [-0.4, -0.2) is 36.6 Å². The second kappa shape index (κ2) is 7.67. The first-order valence-electron chi connectivity index (χ1n) is 7.37. The summed E-state index contributed by atoms with van der Waals surface area (Å²) in [7, 11) is 1.72. The molecule has 0 fully saturated rings. The van der Waals surface area contributed by atoms with Crippen molar-refractivity contribution in [3.8, 4) is 11.4 Å². The van der Waals surface area contributed by atoms with Crippen LogP contribution in [0.4, 0.5) is 0 Å². The van der Waals surface area contributed by atoms with E-state index in [1.54, 1.807) is 48.1 Å². The highest BCUT2D eigenvalue weighted by atomic mass is 79.9. The van der Waals surface area contributed by atoms with Crippen LogP contribution in [0.3, 0.4) is 0 Å². The Morgan fingerprint density at radius 2 is 1.96 bits per heavy atom. The van der Waals surface area contributed by atoms with E-state index in [4.69, 9.17) is 11.6 Å². The van der Waals surface area contributed by atoms with E-state index >= 15 is 0 Å². The molecule has 0 aliphatic rings. The number of aromatic nitrogens is 5. The molecule has 2 heterocycles. The average molecular weight is 439 g/mol. The number of hydrogen-bond acceptors (Lipinski definition) is 5. The van der Waals surface area contributed by atoms with Gasteiger partial charge in [-0.2, -0.15) is 4.80 Å². The van der Waals surface area contributed by atoms with Gasteiger partial charge in [0, 0.05) is 28.3 Å². The van der Waals surface area contributed by atoms with Crippen LogP contribution >= 0.6 is 27.5 Å². The molecule has 2 N–H and O–H groups in total. The predicted molar refractivity (Wildman–Crippen MR) is 97.0 cm³/mol. The molecule has 26 heavy (non-hydrogen) atoms. The fraction of sp³-hybridized carbons (Fsp3) is 0.133. The Kier molecular flexibility index (Phi) is 5.33. The molecule has 2 aromatic heterocycles. The molecule has 1 aromatic carbocycles. The number of nitrogens with one attached hydrogen (secondary N) is 2. The average Bonchev–Trinajstić information content (AvgIpc) is 3.19. The van der Waals surface area contributed by atoms with Crippen molar-refractivity contribution in [2.45, 2.75) is 6.54 Å². The normalized spacial score (nSPS) is 10.6. The largest absolute Gasteiger partial charge is 0.345 e. The number of rotatable bonds is 4. The maximum absolute atomic E-state index is 12.0. The molecule has 9 nitrogen and oxygen atoms in total. The van der Waals surface area contributed by atoms with Gasteiger partial charge in [0.1, 0.15) is 12.2 Å². The second-order valence-electron chi connectivity index (χ2n) is 5.31. The van der Waals surface area contributed by atoms with Gasteiger partial charge in [0.25, 0.3) is 11.8 Å². The van der Waals surface area contributed by atoms with Crippen LogP contribution in [0.15, 0.2) is 41.0 Å². The predicted octanol–water partition coefficient (Wildman–Crippen LogP) is 1.56. The molecule has 0 unspecified atom stereocenters. The molecule has 3 aromatic rings. The third kappa shape index (κ3) is 4.27. The van der Waals surface area contributed by atoms with Crippen LogP contribution in [0, 0.1) is 0 Å². The molecule has 0 aliphatic heterocycles. The molecule has 0 saturated heterocycles. The summed E-state index contributed by atoms with van der Waals surface area (Å²) in [4.78, 5) is 25.1. The third-order valence-corrected chi connectivity index (χ3v) is 4.05. The van der Waals surface area contributed by atoms with Gasteiger partial charge in [-0.1, -0.05) is 11.6 Å². The van der Waals surface area contributed by atoms with Gasteiger partial charge in [-0.15, -0.1) is 10.2 Å². The van der Waals surface area contributed by atoms with E-state index in [0.29, 0.717) is 16.5 Å². The van der Waals surface area contributed by atoms with Crippen molar-refractivity contribution >= 4 is 39.3 Å². The third-order valence-electron chi connectivity index (χ3n) is 3.36. The summed E-state index contributed by atoms with van der Waals surface area (Å²) in [6.07, 6.45) is 1.73. The van der Waals surface area contributed by atoms with Crippen LogP contribution in [0.25, 0.3) is 11.4 Å². The summed E-state index contributed by atoms with van der Waals surface area (Å²) in [6, 6.07) is 8.56. The van der Waals surface area contributed by atoms with Gasteiger partial charge in [0.2, 0.25) is 5.82 Å². The molecular formula is C15H13BrClN7O2. The van der Waals surface area contributed by atoms with Gasteiger partial charge >= 0.3 is 0 Å². The minimum absolute atomic E-state index is 0.197. The minimum atomic E-state index is -0.494. The van der Waals surface area contributed by atoms with Gasteiger partial charge < -0.3 is 4.57 Å². The Hall–Kier alpha value is -2.72. The quantitative estimate of drug-likeness (QED) is 0.601. The Morgan fingerprint density at radius 1 is 1.23 bits per heavy atom. The maximum atomic E-state index is 12.0. The number of halogens is 2. The summed E-state index contributed by atoms with van der Waals surface area (Å²) < 4.78 is 2.39. The van der Waals surface area contributed by atoms with E-state index in [1.807, 2.05) is 0 Å². The van der Waals surface area contributed by atoms with Crippen LogP contribution in [0.2, 0.25) is 5.02 Å². The number of hydrazine groups is 1. The smallest absolute Gasteiger partial charge is 0.286 e. The van der Waals surface area contributed by atoms with Crippen molar-refractivity contribution in [1.82, 2.24) is 35.6 Å². The van der Waals surface area contributed by atoms with E-state index < -0.39 is 11.8 Å². The van der Waals surface area contributed by atoms with Crippen molar-refractivity contribution < 1.29 is 9.59 Å². The molecule has 134 valence electrons. The zero-order chi connectivity index (χ0) is 18.7. The molecule has 2 amide bonds. The lowest BCUT2D eigenvalue weighted by molar-refractivity contribution is -0.122. The molecule has 0 saturated carbocycles. The Bertz CT molecular complexity index is 951. The highest BCUT2D eigenvalue weighted by Gasteiger charge is 2.13. The first-order chi connectivity index (χ1) is 12.4. The van der Waals surface area contributed by atoms with Gasteiger partial charge in [-0.25, -0.2) is 0 Å². The fourth-order valence-electron chi connectivity index (χ4n) is 2.13. The minimum Gasteiger partial charge on any atom is -0.345 e. The van der Waals surface area contributed by atoms with Crippen molar-refractivity contribution in [2.75, 3.05) is 0 Å². The standard InChI is InChI=1S/C15H13BrClN7O2/c1-23-7-10(16)6-12(23)15(26)20-18-13(25)8-24-21-14(19-22-24)9-2-4-11(17)5-3-9/h2-7H,8H2,1H3,(H,18,25)(H,20,26). The van der Waals surface area contributed by atoms with Gasteiger partial charge in [-0.3, -0.25) is 20.4 Å². The summed E-state index contributed by atoms with van der Waals surface area (Å²) in [5.41, 5.74) is 5.76. The Morgan fingerprint density at radius 3 is 2.62 bits per heavy atom. The SMILES string of the molecule is Cn1cc(Br)cc1C(=O)NNC(=O)Cn1nnc(-c2ccc(Cl)cc2)n1. The number of carbonyl (C=O) groups excluding carboxylic acids is 2. The fourth-order valence-corrected chi connectivity index (χ4v) is 2.78. The summed E-state index contributed by atoms with van der Waals surface area (Å²) >= 11 is 9.11. The zero-order valence-electron chi connectivity index (χ0n) is 13.5. The summed E-state index contributed by atoms with van der Waals surface area (Å²) in [5.74, 6) is -0.571. The van der Waals surface area contributed by atoms with E-state index in [0.717, 1.165) is 14.8 Å². The van der Waals surface area contributed by atoms with Gasteiger partial charge in [-0.05, 0) is 51.5 Å². The highest BCUT2D eigenvalue weighted by molar-refractivity contribution is 9.10. The summed E-state index contributed by atoms with van der Waals surface area (Å²) in [5, 5.41) is 12.4.